The Bertz CT molecular complexity index is 485. The van der Waals surface area contributed by atoms with Crippen molar-refractivity contribution in [1.82, 2.24) is 4.90 Å². The highest BCUT2D eigenvalue weighted by Gasteiger charge is 2.14. The van der Waals surface area contributed by atoms with Crippen molar-refractivity contribution in [2.45, 2.75) is 25.9 Å². The lowest BCUT2D eigenvalue weighted by Crippen LogP contribution is -2.28. The van der Waals surface area contributed by atoms with Crippen molar-refractivity contribution in [2.24, 2.45) is 0 Å². The molecule has 1 aromatic carbocycles. The Morgan fingerprint density at radius 1 is 1.61 bits per heavy atom. The van der Waals surface area contributed by atoms with Gasteiger partial charge in [-0.3, -0.25) is 15.0 Å². The third-order valence-electron chi connectivity index (χ3n) is 2.81. The van der Waals surface area contributed by atoms with Gasteiger partial charge in [-0.25, -0.2) is 4.39 Å². The third kappa shape index (κ3) is 3.50. The maximum Gasteiger partial charge on any atom is 0.272 e. The molecule has 0 bridgehead atoms. The minimum absolute atomic E-state index is 0.00425. The van der Waals surface area contributed by atoms with E-state index in [-0.39, 0.29) is 11.7 Å². The molecule has 6 heteroatoms. The average molecular weight is 251 g/mol. The molecule has 0 aliphatic carbocycles. The molecule has 0 amide bonds. The summed E-state index contributed by atoms with van der Waals surface area (Å²) in [7, 11) is 1.78. The standard InChI is InChI=1S/C12H14FN3O2/c1-9(5-6-14)15(2)8-10-3-4-11(16(17)18)7-12(10)13/h3-4,7,9H,5,8H2,1-2H3/t9-/m0/s1. The molecule has 0 unspecified atom stereocenters. The molecule has 96 valence electrons. The number of halogens is 1. The van der Waals surface area contributed by atoms with Gasteiger partial charge in [-0.05, 0) is 20.0 Å². The maximum atomic E-state index is 13.6. The molecule has 5 nitrogen and oxygen atoms in total. The molecule has 1 rings (SSSR count). The molecule has 0 saturated heterocycles. The average Bonchev–Trinajstić information content (AvgIpc) is 2.31. The fraction of sp³-hybridized carbons (Fsp3) is 0.417. The van der Waals surface area contributed by atoms with E-state index in [1.807, 2.05) is 17.9 Å². The number of hydrogen-bond acceptors (Lipinski definition) is 4. The Balaban J connectivity index is 2.80. The largest absolute Gasteiger partial charge is 0.298 e. The van der Waals surface area contributed by atoms with Gasteiger partial charge in [0.25, 0.3) is 5.69 Å². The fourth-order valence-electron chi connectivity index (χ4n) is 1.49. The van der Waals surface area contributed by atoms with Gasteiger partial charge >= 0.3 is 0 Å². The zero-order valence-electron chi connectivity index (χ0n) is 10.3. The Hall–Kier alpha value is -2.00. The number of benzene rings is 1. The Morgan fingerprint density at radius 3 is 2.78 bits per heavy atom. The van der Waals surface area contributed by atoms with Crippen molar-refractivity contribution >= 4 is 5.69 Å². The number of hydrogen-bond donors (Lipinski definition) is 0. The minimum Gasteiger partial charge on any atom is -0.298 e. The highest BCUT2D eigenvalue weighted by Crippen LogP contribution is 2.18. The second-order valence-electron chi connectivity index (χ2n) is 4.16. The smallest absolute Gasteiger partial charge is 0.272 e. The number of nitrogens with zero attached hydrogens (tertiary/aromatic N) is 3. The summed E-state index contributed by atoms with van der Waals surface area (Å²) in [5.41, 5.74) is 0.122. The van der Waals surface area contributed by atoms with Crippen molar-refractivity contribution in [2.75, 3.05) is 7.05 Å². The molecule has 0 N–H and O–H groups in total. The maximum absolute atomic E-state index is 13.6. The van der Waals surface area contributed by atoms with Crippen LogP contribution in [-0.4, -0.2) is 22.9 Å². The van der Waals surface area contributed by atoms with Crippen LogP contribution >= 0.6 is 0 Å². The molecule has 0 fully saturated rings. The van der Waals surface area contributed by atoms with Crippen LogP contribution in [0.2, 0.25) is 0 Å². The molecule has 0 heterocycles. The van der Waals surface area contributed by atoms with Crippen LogP contribution < -0.4 is 0 Å². The molecule has 0 aliphatic heterocycles. The lowest BCUT2D eigenvalue weighted by molar-refractivity contribution is -0.385. The normalized spacial score (nSPS) is 12.2. The number of rotatable bonds is 5. The summed E-state index contributed by atoms with van der Waals surface area (Å²) in [5, 5.41) is 19.1. The van der Waals surface area contributed by atoms with E-state index >= 15 is 0 Å². The lowest BCUT2D eigenvalue weighted by atomic mass is 10.1. The number of nitro groups is 1. The summed E-state index contributed by atoms with van der Waals surface area (Å²) >= 11 is 0. The van der Waals surface area contributed by atoms with E-state index in [1.54, 1.807) is 7.05 Å². The van der Waals surface area contributed by atoms with Crippen molar-refractivity contribution in [3.63, 3.8) is 0 Å². The van der Waals surface area contributed by atoms with E-state index in [9.17, 15) is 14.5 Å². The quantitative estimate of drug-likeness (QED) is 0.595. The zero-order valence-corrected chi connectivity index (χ0v) is 10.3. The zero-order chi connectivity index (χ0) is 13.7. The van der Waals surface area contributed by atoms with Crippen LogP contribution in [0.3, 0.4) is 0 Å². The molecule has 1 aromatic rings. The van der Waals surface area contributed by atoms with Crippen LogP contribution in [0.25, 0.3) is 0 Å². The molecule has 0 aromatic heterocycles. The second kappa shape index (κ2) is 6.07. The summed E-state index contributed by atoms with van der Waals surface area (Å²) in [6.07, 6.45) is 0.352. The first-order chi connectivity index (χ1) is 8.45. The van der Waals surface area contributed by atoms with Gasteiger partial charge in [0, 0.05) is 24.2 Å². The number of nitriles is 1. The molecule has 0 saturated carbocycles. The van der Waals surface area contributed by atoms with Gasteiger partial charge in [0.15, 0.2) is 0 Å². The van der Waals surface area contributed by atoms with Crippen LogP contribution in [-0.2, 0) is 6.54 Å². The highest BCUT2D eigenvalue weighted by molar-refractivity contribution is 5.34. The van der Waals surface area contributed by atoms with Crippen molar-refractivity contribution in [3.05, 3.63) is 39.7 Å². The van der Waals surface area contributed by atoms with E-state index < -0.39 is 10.7 Å². The molecule has 0 radical (unpaired) electrons. The minimum atomic E-state index is -0.630. The molecule has 0 spiro atoms. The van der Waals surface area contributed by atoms with Crippen LogP contribution in [0.5, 0.6) is 0 Å². The van der Waals surface area contributed by atoms with Gasteiger partial charge in [0.2, 0.25) is 0 Å². The SMILES string of the molecule is C[C@@H](CC#N)N(C)Cc1ccc([N+](=O)[O-])cc1F. The second-order valence-corrected chi connectivity index (χ2v) is 4.16. The summed E-state index contributed by atoms with van der Waals surface area (Å²) in [5.74, 6) is -0.597. The first kappa shape index (κ1) is 14.1. The summed E-state index contributed by atoms with van der Waals surface area (Å²) in [4.78, 5) is 11.7. The van der Waals surface area contributed by atoms with Gasteiger partial charge in [0.1, 0.15) is 5.82 Å². The van der Waals surface area contributed by atoms with Crippen molar-refractivity contribution in [3.8, 4) is 6.07 Å². The van der Waals surface area contributed by atoms with E-state index in [4.69, 9.17) is 5.26 Å². The molecule has 1 atom stereocenters. The monoisotopic (exact) mass is 251 g/mol. The van der Waals surface area contributed by atoms with Crippen molar-refractivity contribution in [1.29, 1.82) is 5.26 Å². The predicted molar refractivity (Wildman–Crippen MR) is 64.2 cm³/mol. The Labute approximate surface area is 105 Å². The van der Waals surface area contributed by atoms with Crippen LogP contribution in [0, 0.1) is 27.3 Å². The first-order valence-corrected chi connectivity index (χ1v) is 5.45. The third-order valence-corrected chi connectivity index (χ3v) is 2.81. The molecular weight excluding hydrogens is 237 g/mol. The predicted octanol–water partition coefficient (Wildman–Crippen LogP) is 2.47. The summed E-state index contributed by atoms with van der Waals surface area (Å²) in [6.45, 7) is 2.18. The van der Waals surface area contributed by atoms with Gasteiger partial charge in [-0.15, -0.1) is 0 Å². The summed E-state index contributed by atoms with van der Waals surface area (Å²) in [6, 6.07) is 5.65. The van der Waals surface area contributed by atoms with E-state index in [0.717, 1.165) is 6.07 Å². The van der Waals surface area contributed by atoms with Gasteiger partial charge in [-0.1, -0.05) is 0 Å². The first-order valence-electron chi connectivity index (χ1n) is 5.45. The molecule has 0 aliphatic rings. The highest BCUT2D eigenvalue weighted by atomic mass is 19.1. The van der Waals surface area contributed by atoms with Gasteiger partial charge < -0.3 is 0 Å². The van der Waals surface area contributed by atoms with E-state index in [2.05, 4.69) is 0 Å². The Morgan fingerprint density at radius 2 is 2.28 bits per heavy atom. The lowest BCUT2D eigenvalue weighted by Gasteiger charge is -2.22. The van der Waals surface area contributed by atoms with Crippen LogP contribution in [0.15, 0.2) is 18.2 Å². The van der Waals surface area contributed by atoms with Gasteiger partial charge in [0.05, 0.1) is 23.5 Å². The van der Waals surface area contributed by atoms with Crippen LogP contribution in [0.4, 0.5) is 10.1 Å². The molecule has 18 heavy (non-hydrogen) atoms. The number of nitro benzene ring substituents is 1. The topological polar surface area (TPSA) is 70.2 Å². The fourth-order valence-corrected chi connectivity index (χ4v) is 1.49. The van der Waals surface area contributed by atoms with E-state index in [0.29, 0.717) is 18.5 Å². The van der Waals surface area contributed by atoms with Gasteiger partial charge in [-0.2, -0.15) is 5.26 Å². The molecular formula is C12H14FN3O2. The summed E-state index contributed by atoms with van der Waals surface area (Å²) < 4.78 is 13.6. The van der Waals surface area contributed by atoms with Crippen LogP contribution in [0.1, 0.15) is 18.9 Å². The Kier molecular flexibility index (Phi) is 4.75. The number of non-ortho nitro benzene ring substituents is 1. The van der Waals surface area contributed by atoms with E-state index in [1.165, 1.54) is 12.1 Å². The van der Waals surface area contributed by atoms with Crippen molar-refractivity contribution < 1.29 is 9.31 Å².